The summed E-state index contributed by atoms with van der Waals surface area (Å²) in [4.78, 5) is 0. The summed E-state index contributed by atoms with van der Waals surface area (Å²) in [6.07, 6.45) is 0.819. The van der Waals surface area contributed by atoms with Crippen LogP contribution < -0.4 is 5.32 Å². The van der Waals surface area contributed by atoms with Gasteiger partial charge in [-0.05, 0) is 30.5 Å². The number of rotatable bonds is 2. The summed E-state index contributed by atoms with van der Waals surface area (Å²) in [5, 5.41) is 12.6. The van der Waals surface area contributed by atoms with Crippen LogP contribution in [0.4, 0.5) is 0 Å². The lowest BCUT2D eigenvalue weighted by Gasteiger charge is -2.38. The minimum absolute atomic E-state index is 0. The average Bonchev–Trinajstić information content (AvgIpc) is 2.27. The average molecular weight is 258 g/mol. The highest BCUT2D eigenvalue weighted by Gasteiger charge is 2.29. The van der Waals surface area contributed by atoms with Crippen LogP contribution in [0.1, 0.15) is 19.4 Å². The summed E-state index contributed by atoms with van der Waals surface area (Å²) in [5.41, 5.74) is 0.895. The lowest BCUT2D eigenvalue weighted by atomic mass is 10.0. The van der Waals surface area contributed by atoms with E-state index in [4.69, 9.17) is 4.74 Å². The molecule has 4 heteroatoms. The maximum Gasteiger partial charge on any atom is 0.120 e. The number of hydrogen-bond acceptors (Lipinski definition) is 3. The van der Waals surface area contributed by atoms with E-state index in [0.717, 1.165) is 19.6 Å². The number of aromatic hydroxyl groups is 1. The van der Waals surface area contributed by atoms with Crippen molar-refractivity contribution < 1.29 is 9.84 Å². The first-order chi connectivity index (χ1) is 7.57. The van der Waals surface area contributed by atoms with Crippen molar-refractivity contribution in [3.63, 3.8) is 0 Å². The molecule has 0 aromatic heterocycles. The Balaban J connectivity index is 0.00000144. The van der Waals surface area contributed by atoms with E-state index < -0.39 is 0 Å². The molecule has 0 radical (unpaired) electrons. The minimum atomic E-state index is -0.274. The largest absolute Gasteiger partial charge is 0.508 e. The molecule has 0 bridgehead atoms. The van der Waals surface area contributed by atoms with Gasteiger partial charge in [0.1, 0.15) is 11.5 Å². The summed E-state index contributed by atoms with van der Waals surface area (Å²) in [6.45, 7) is 6.05. The SMILES string of the molecule is CC1CNC(C)(Cc2ccc(O)cc2)OC1.Cl. The fourth-order valence-corrected chi connectivity index (χ4v) is 1.94. The Morgan fingerprint density at radius 1 is 1.41 bits per heavy atom. The third-order valence-electron chi connectivity index (χ3n) is 2.99. The monoisotopic (exact) mass is 257 g/mol. The molecular formula is C13H20ClNO2. The maximum atomic E-state index is 9.21. The Labute approximate surface area is 109 Å². The highest BCUT2D eigenvalue weighted by molar-refractivity contribution is 5.85. The van der Waals surface area contributed by atoms with Crippen molar-refractivity contribution in [3.8, 4) is 5.75 Å². The van der Waals surface area contributed by atoms with E-state index in [1.165, 1.54) is 5.56 Å². The first-order valence-electron chi connectivity index (χ1n) is 5.74. The van der Waals surface area contributed by atoms with E-state index in [-0.39, 0.29) is 18.1 Å². The van der Waals surface area contributed by atoms with Crippen LogP contribution in [0.3, 0.4) is 0 Å². The van der Waals surface area contributed by atoms with E-state index in [0.29, 0.717) is 11.7 Å². The minimum Gasteiger partial charge on any atom is -0.508 e. The molecule has 0 aliphatic carbocycles. The van der Waals surface area contributed by atoms with Crippen LogP contribution in [0.5, 0.6) is 5.75 Å². The number of halogens is 1. The van der Waals surface area contributed by atoms with E-state index >= 15 is 0 Å². The Morgan fingerprint density at radius 3 is 2.59 bits per heavy atom. The Bertz CT molecular complexity index is 345. The van der Waals surface area contributed by atoms with Crippen molar-refractivity contribution in [2.75, 3.05) is 13.2 Å². The second-order valence-corrected chi connectivity index (χ2v) is 4.87. The Hall–Kier alpha value is -0.770. The van der Waals surface area contributed by atoms with E-state index in [2.05, 4.69) is 19.2 Å². The summed E-state index contributed by atoms with van der Waals surface area (Å²) in [5.74, 6) is 0.882. The summed E-state index contributed by atoms with van der Waals surface area (Å²) in [7, 11) is 0. The second-order valence-electron chi connectivity index (χ2n) is 4.87. The van der Waals surface area contributed by atoms with E-state index in [1.807, 2.05) is 12.1 Å². The zero-order chi connectivity index (χ0) is 11.6. The molecule has 2 unspecified atom stereocenters. The van der Waals surface area contributed by atoms with Crippen molar-refractivity contribution in [3.05, 3.63) is 29.8 Å². The normalized spacial score (nSPS) is 28.5. The molecule has 0 spiro atoms. The second kappa shape index (κ2) is 5.71. The van der Waals surface area contributed by atoms with E-state index in [1.54, 1.807) is 12.1 Å². The number of phenolic OH excluding ortho intramolecular Hbond substituents is 1. The van der Waals surface area contributed by atoms with Crippen LogP contribution in [0.25, 0.3) is 0 Å². The molecule has 1 aromatic rings. The smallest absolute Gasteiger partial charge is 0.120 e. The molecule has 1 heterocycles. The van der Waals surface area contributed by atoms with Gasteiger partial charge in [0.25, 0.3) is 0 Å². The van der Waals surface area contributed by atoms with Crippen LogP contribution in [-0.2, 0) is 11.2 Å². The van der Waals surface area contributed by atoms with Gasteiger partial charge in [-0.1, -0.05) is 19.1 Å². The summed E-state index contributed by atoms with van der Waals surface area (Å²) in [6, 6.07) is 7.29. The first-order valence-corrected chi connectivity index (χ1v) is 5.74. The van der Waals surface area contributed by atoms with Crippen molar-refractivity contribution >= 4 is 12.4 Å². The van der Waals surface area contributed by atoms with Crippen molar-refractivity contribution in [2.45, 2.75) is 26.0 Å². The summed E-state index contributed by atoms with van der Waals surface area (Å²) >= 11 is 0. The molecular weight excluding hydrogens is 238 g/mol. The molecule has 1 aliphatic rings. The summed E-state index contributed by atoms with van der Waals surface area (Å²) < 4.78 is 5.84. The van der Waals surface area contributed by atoms with Crippen LogP contribution in [0, 0.1) is 5.92 Å². The van der Waals surface area contributed by atoms with Gasteiger partial charge in [-0.25, -0.2) is 0 Å². The van der Waals surface area contributed by atoms with Crippen LogP contribution >= 0.6 is 12.4 Å². The highest BCUT2D eigenvalue weighted by Crippen LogP contribution is 2.21. The topological polar surface area (TPSA) is 41.5 Å². The van der Waals surface area contributed by atoms with Gasteiger partial charge in [0.05, 0.1) is 6.61 Å². The zero-order valence-electron chi connectivity index (χ0n) is 10.3. The third-order valence-corrected chi connectivity index (χ3v) is 2.99. The quantitative estimate of drug-likeness (QED) is 0.855. The molecule has 2 atom stereocenters. The zero-order valence-corrected chi connectivity index (χ0v) is 11.1. The van der Waals surface area contributed by atoms with Gasteiger partial charge in [-0.2, -0.15) is 0 Å². The molecule has 96 valence electrons. The van der Waals surface area contributed by atoms with Crippen LogP contribution in [-0.4, -0.2) is 24.0 Å². The van der Waals surface area contributed by atoms with Gasteiger partial charge >= 0.3 is 0 Å². The number of hydrogen-bond donors (Lipinski definition) is 2. The molecule has 1 saturated heterocycles. The van der Waals surface area contributed by atoms with Crippen LogP contribution in [0.2, 0.25) is 0 Å². The molecule has 3 nitrogen and oxygen atoms in total. The van der Waals surface area contributed by atoms with Gasteiger partial charge in [0.15, 0.2) is 0 Å². The lowest BCUT2D eigenvalue weighted by molar-refractivity contribution is -0.0997. The number of ether oxygens (including phenoxy) is 1. The first kappa shape index (κ1) is 14.3. The van der Waals surface area contributed by atoms with E-state index in [9.17, 15) is 5.11 Å². The molecule has 0 amide bonds. The van der Waals surface area contributed by atoms with Gasteiger partial charge in [-0.15, -0.1) is 12.4 Å². The fraction of sp³-hybridized carbons (Fsp3) is 0.538. The molecule has 17 heavy (non-hydrogen) atoms. The molecule has 1 aliphatic heterocycles. The fourth-order valence-electron chi connectivity index (χ4n) is 1.94. The standard InChI is InChI=1S/C13H19NO2.ClH/c1-10-8-14-13(2,16-9-10)7-11-3-5-12(15)6-4-11;/h3-6,10,14-15H,7-9H2,1-2H3;1H. The molecule has 1 fully saturated rings. The molecule has 2 rings (SSSR count). The predicted molar refractivity (Wildman–Crippen MR) is 70.6 cm³/mol. The van der Waals surface area contributed by atoms with Gasteiger partial charge in [0, 0.05) is 13.0 Å². The number of nitrogens with one attached hydrogen (secondary N) is 1. The Kier molecular flexibility index (Phi) is 4.80. The highest BCUT2D eigenvalue weighted by atomic mass is 35.5. The van der Waals surface area contributed by atoms with Crippen LogP contribution in [0.15, 0.2) is 24.3 Å². The molecule has 1 aromatic carbocycles. The van der Waals surface area contributed by atoms with Gasteiger partial charge in [-0.3, -0.25) is 5.32 Å². The van der Waals surface area contributed by atoms with Gasteiger partial charge in [0.2, 0.25) is 0 Å². The van der Waals surface area contributed by atoms with Crippen molar-refractivity contribution in [1.82, 2.24) is 5.32 Å². The van der Waals surface area contributed by atoms with Crippen molar-refractivity contribution in [1.29, 1.82) is 0 Å². The Morgan fingerprint density at radius 2 is 2.06 bits per heavy atom. The molecule has 0 saturated carbocycles. The number of phenols is 1. The third kappa shape index (κ3) is 3.87. The maximum absolute atomic E-state index is 9.21. The lowest BCUT2D eigenvalue weighted by Crippen LogP contribution is -2.53. The van der Waals surface area contributed by atoms with Gasteiger partial charge < -0.3 is 9.84 Å². The number of benzene rings is 1. The molecule has 2 N–H and O–H groups in total. The predicted octanol–water partition coefficient (Wildman–Crippen LogP) is 2.33. The van der Waals surface area contributed by atoms with Crippen molar-refractivity contribution in [2.24, 2.45) is 5.92 Å².